The molecule has 0 spiro atoms. The molecule has 0 bridgehead atoms. The molecular formula is C19H22N2O4. The van der Waals surface area contributed by atoms with E-state index >= 15 is 0 Å². The summed E-state index contributed by atoms with van der Waals surface area (Å²) < 4.78 is 10.9. The molecule has 0 N–H and O–H groups in total. The highest BCUT2D eigenvalue weighted by atomic mass is 16.5. The van der Waals surface area contributed by atoms with Gasteiger partial charge in [0.05, 0.1) is 18.5 Å². The molecule has 0 radical (unpaired) electrons. The number of rotatable bonds is 6. The molecule has 1 aliphatic heterocycles. The van der Waals surface area contributed by atoms with Gasteiger partial charge in [0.1, 0.15) is 11.5 Å². The van der Waals surface area contributed by atoms with Crippen molar-refractivity contribution in [3.05, 3.63) is 48.4 Å². The Kier molecular flexibility index (Phi) is 5.07. The molecule has 2 aromatic rings. The van der Waals surface area contributed by atoms with Gasteiger partial charge in [0, 0.05) is 19.5 Å². The van der Waals surface area contributed by atoms with Crippen LogP contribution in [-0.4, -0.2) is 35.9 Å². The van der Waals surface area contributed by atoms with Crippen LogP contribution in [0.3, 0.4) is 0 Å². The van der Waals surface area contributed by atoms with Crippen LogP contribution < -0.4 is 9.64 Å². The Balaban J connectivity index is 1.67. The molecule has 1 aromatic carbocycles. The summed E-state index contributed by atoms with van der Waals surface area (Å²) in [7, 11) is 0. The molecular weight excluding hydrogens is 320 g/mol. The van der Waals surface area contributed by atoms with E-state index < -0.39 is 6.10 Å². The number of hydrogen-bond acceptors (Lipinski definition) is 4. The molecule has 132 valence electrons. The summed E-state index contributed by atoms with van der Waals surface area (Å²) in [5, 5.41) is 0. The third kappa shape index (κ3) is 3.68. The van der Waals surface area contributed by atoms with Crippen molar-refractivity contribution in [1.29, 1.82) is 0 Å². The van der Waals surface area contributed by atoms with Crippen molar-refractivity contribution < 1.29 is 18.7 Å². The van der Waals surface area contributed by atoms with E-state index in [4.69, 9.17) is 9.15 Å². The highest BCUT2D eigenvalue weighted by Gasteiger charge is 2.31. The largest absolute Gasteiger partial charge is 0.479 e. The summed E-state index contributed by atoms with van der Waals surface area (Å²) in [5.74, 6) is 1.28. The van der Waals surface area contributed by atoms with Gasteiger partial charge in [-0.1, -0.05) is 12.1 Å². The zero-order valence-corrected chi connectivity index (χ0v) is 14.5. The minimum atomic E-state index is -0.546. The number of para-hydroxylation sites is 2. The predicted octanol–water partition coefficient (Wildman–Crippen LogP) is 2.83. The second-order valence-corrected chi connectivity index (χ2v) is 5.95. The van der Waals surface area contributed by atoms with Crippen LogP contribution in [0.2, 0.25) is 0 Å². The number of carbonyl (C=O) groups excluding carboxylic acids is 2. The van der Waals surface area contributed by atoms with Crippen LogP contribution in [0.5, 0.6) is 5.75 Å². The minimum Gasteiger partial charge on any atom is -0.479 e. The highest BCUT2D eigenvalue weighted by Crippen LogP contribution is 2.33. The lowest BCUT2D eigenvalue weighted by Gasteiger charge is -2.33. The van der Waals surface area contributed by atoms with Crippen molar-refractivity contribution in [2.24, 2.45) is 0 Å². The smallest absolute Gasteiger partial charge is 0.267 e. The van der Waals surface area contributed by atoms with Crippen LogP contribution in [-0.2, 0) is 16.1 Å². The average Bonchev–Trinajstić information content (AvgIpc) is 3.13. The van der Waals surface area contributed by atoms with Crippen LogP contribution in [0.4, 0.5) is 5.69 Å². The molecule has 0 saturated carbocycles. The number of nitrogens with zero attached hydrogens (tertiary/aromatic N) is 2. The zero-order valence-electron chi connectivity index (χ0n) is 14.5. The van der Waals surface area contributed by atoms with Crippen LogP contribution in [0, 0.1) is 0 Å². The Hall–Kier alpha value is -2.76. The lowest BCUT2D eigenvalue weighted by molar-refractivity contribution is -0.131. The SMILES string of the molecule is CCN(Cc1ccco1)C(=O)CCN1C(=O)[C@H](C)Oc2ccccc21. The molecule has 3 rings (SSSR count). The Morgan fingerprint density at radius 1 is 1.24 bits per heavy atom. The van der Waals surface area contributed by atoms with E-state index in [0.717, 1.165) is 5.76 Å². The maximum Gasteiger partial charge on any atom is 0.267 e. The summed E-state index contributed by atoms with van der Waals surface area (Å²) in [4.78, 5) is 28.4. The van der Waals surface area contributed by atoms with Crippen molar-refractivity contribution in [2.75, 3.05) is 18.0 Å². The van der Waals surface area contributed by atoms with Gasteiger partial charge in [0.25, 0.3) is 5.91 Å². The Morgan fingerprint density at radius 3 is 2.76 bits per heavy atom. The number of ether oxygens (including phenoxy) is 1. The van der Waals surface area contributed by atoms with Crippen LogP contribution >= 0.6 is 0 Å². The second-order valence-electron chi connectivity index (χ2n) is 5.95. The predicted molar refractivity (Wildman–Crippen MR) is 93.3 cm³/mol. The third-order valence-electron chi connectivity index (χ3n) is 4.28. The fourth-order valence-electron chi connectivity index (χ4n) is 2.92. The Labute approximate surface area is 147 Å². The number of carbonyl (C=O) groups is 2. The fraction of sp³-hybridized carbons (Fsp3) is 0.368. The lowest BCUT2D eigenvalue weighted by atomic mass is 10.1. The van der Waals surface area contributed by atoms with Crippen molar-refractivity contribution in [3.63, 3.8) is 0 Å². The molecule has 0 saturated heterocycles. The number of amides is 2. The molecule has 1 aliphatic rings. The normalized spacial score (nSPS) is 16.3. The van der Waals surface area contributed by atoms with Gasteiger partial charge < -0.3 is 19.0 Å². The van der Waals surface area contributed by atoms with Gasteiger partial charge >= 0.3 is 0 Å². The van der Waals surface area contributed by atoms with Gasteiger partial charge in [0.15, 0.2) is 6.10 Å². The number of benzene rings is 1. The molecule has 0 aliphatic carbocycles. The molecule has 6 heteroatoms. The topological polar surface area (TPSA) is 63.0 Å². The summed E-state index contributed by atoms with van der Waals surface area (Å²) >= 11 is 0. The number of fused-ring (bicyclic) bond motifs is 1. The van der Waals surface area contributed by atoms with Gasteiger partial charge in [-0.05, 0) is 38.1 Å². The summed E-state index contributed by atoms with van der Waals surface area (Å²) in [6.07, 6.45) is 1.30. The van der Waals surface area contributed by atoms with Crippen LogP contribution in [0.25, 0.3) is 0 Å². The maximum absolute atomic E-state index is 12.6. The highest BCUT2D eigenvalue weighted by molar-refractivity contribution is 6.00. The standard InChI is InChI=1S/C19H22N2O4/c1-3-20(13-15-7-6-12-24-15)18(22)10-11-21-16-8-4-5-9-17(16)25-14(2)19(21)23/h4-9,12,14H,3,10-11,13H2,1-2H3/t14-/m0/s1. The molecule has 1 atom stereocenters. The summed E-state index contributed by atoms with van der Waals surface area (Å²) in [5.41, 5.74) is 0.715. The lowest BCUT2D eigenvalue weighted by Crippen LogP contribution is -2.46. The van der Waals surface area contributed by atoms with Gasteiger partial charge in [-0.3, -0.25) is 9.59 Å². The van der Waals surface area contributed by atoms with Gasteiger partial charge in [-0.15, -0.1) is 0 Å². The van der Waals surface area contributed by atoms with E-state index in [-0.39, 0.29) is 18.2 Å². The zero-order chi connectivity index (χ0) is 17.8. The van der Waals surface area contributed by atoms with E-state index in [2.05, 4.69) is 0 Å². The number of anilines is 1. The summed E-state index contributed by atoms with van der Waals surface area (Å²) in [6.45, 7) is 5.01. The van der Waals surface area contributed by atoms with E-state index in [1.54, 1.807) is 29.1 Å². The third-order valence-corrected chi connectivity index (χ3v) is 4.28. The first-order chi connectivity index (χ1) is 12.1. The molecule has 2 amide bonds. The monoisotopic (exact) mass is 342 g/mol. The van der Waals surface area contributed by atoms with Crippen LogP contribution in [0.15, 0.2) is 47.1 Å². The Bertz CT molecular complexity index is 742. The Morgan fingerprint density at radius 2 is 2.04 bits per heavy atom. The first-order valence-corrected chi connectivity index (χ1v) is 8.47. The maximum atomic E-state index is 12.6. The molecule has 0 fully saturated rings. The first kappa shape index (κ1) is 17.1. The van der Waals surface area contributed by atoms with E-state index in [9.17, 15) is 9.59 Å². The van der Waals surface area contributed by atoms with E-state index in [1.807, 2.05) is 37.3 Å². The molecule has 25 heavy (non-hydrogen) atoms. The van der Waals surface area contributed by atoms with Crippen molar-refractivity contribution in [1.82, 2.24) is 4.90 Å². The second kappa shape index (κ2) is 7.42. The molecule has 0 unspecified atom stereocenters. The molecule has 1 aromatic heterocycles. The number of furan rings is 1. The molecule has 2 heterocycles. The van der Waals surface area contributed by atoms with Gasteiger partial charge in [-0.25, -0.2) is 0 Å². The van der Waals surface area contributed by atoms with Crippen molar-refractivity contribution in [3.8, 4) is 5.75 Å². The number of hydrogen-bond donors (Lipinski definition) is 0. The fourth-order valence-corrected chi connectivity index (χ4v) is 2.92. The van der Waals surface area contributed by atoms with E-state index in [0.29, 0.717) is 31.1 Å². The quantitative estimate of drug-likeness (QED) is 0.810. The van der Waals surface area contributed by atoms with Crippen LogP contribution in [0.1, 0.15) is 26.0 Å². The molecule has 6 nitrogen and oxygen atoms in total. The average molecular weight is 342 g/mol. The van der Waals surface area contributed by atoms with Gasteiger partial charge in [0.2, 0.25) is 5.91 Å². The van der Waals surface area contributed by atoms with Crippen molar-refractivity contribution in [2.45, 2.75) is 32.9 Å². The van der Waals surface area contributed by atoms with E-state index in [1.165, 1.54) is 0 Å². The van der Waals surface area contributed by atoms with Crippen molar-refractivity contribution >= 4 is 17.5 Å². The summed E-state index contributed by atoms with van der Waals surface area (Å²) in [6, 6.07) is 11.0. The minimum absolute atomic E-state index is 0.0108. The first-order valence-electron chi connectivity index (χ1n) is 8.47. The van der Waals surface area contributed by atoms with Gasteiger partial charge in [-0.2, -0.15) is 0 Å².